The maximum absolute atomic E-state index is 6.11. The molecule has 2 atom stereocenters. The topological polar surface area (TPSA) is 32.5 Å². The molecule has 1 saturated heterocycles. The highest BCUT2D eigenvalue weighted by atomic mass is 15.2. The molecule has 0 radical (unpaired) electrons. The molecular weight excluding hydrogens is 258 g/mol. The molecule has 0 saturated carbocycles. The quantitative estimate of drug-likeness (QED) is 0.923. The van der Waals surface area contributed by atoms with Crippen molar-refractivity contribution in [2.24, 2.45) is 11.7 Å². The Labute approximate surface area is 130 Å². The summed E-state index contributed by atoms with van der Waals surface area (Å²) in [5, 5.41) is 0. The molecule has 21 heavy (non-hydrogen) atoms. The molecule has 1 aromatic rings. The van der Waals surface area contributed by atoms with E-state index in [1.807, 2.05) is 0 Å². The van der Waals surface area contributed by atoms with E-state index >= 15 is 0 Å². The third-order valence-corrected chi connectivity index (χ3v) is 4.76. The summed E-state index contributed by atoms with van der Waals surface area (Å²) in [6, 6.07) is 10.1. The van der Waals surface area contributed by atoms with Crippen molar-refractivity contribution in [3.63, 3.8) is 0 Å². The van der Waals surface area contributed by atoms with Gasteiger partial charge in [-0.1, -0.05) is 18.6 Å². The van der Waals surface area contributed by atoms with E-state index in [0.29, 0.717) is 18.0 Å². The van der Waals surface area contributed by atoms with E-state index in [4.69, 9.17) is 5.73 Å². The van der Waals surface area contributed by atoms with Gasteiger partial charge in [0.2, 0.25) is 0 Å². The van der Waals surface area contributed by atoms with Gasteiger partial charge < -0.3 is 10.6 Å². The van der Waals surface area contributed by atoms with Gasteiger partial charge in [0.15, 0.2) is 0 Å². The molecule has 0 spiro atoms. The molecule has 0 bridgehead atoms. The van der Waals surface area contributed by atoms with E-state index in [-0.39, 0.29) is 0 Å². The zero-order valence-electron chi connectivity index (χ0n) is 14.0. The zero-order chi connectivity index (χ0) is 15.4. The Bertz CT molecular complexity index is 425. The molecule has 2 unspecified atom stereocenters. The van der Waals surface area contributed by atoms with Gasteiger partial charge in [-0.15, -0.1) is 0 Å². The van der Waals surface area contributed by atoms with E-state index in [9.17, 15) is 0 Å². The lowest BCUT2D eigenvalue weighted by atomic mass is 9.88. The summed E-state index contributed by atoms with van der Waals surface area (Å²) in [4.78, 5) is 4.80. The molecule has 3 heteroatoms. The van der Waals surface area contributed by atoms with Gasteiger partial charge in [-0.25, -0.2) is 0 Å². The summed E-state index contributed by atoms with van der Waals surface area (Å²) in [6.45, 7) is 6.58. The minimum Gasteiger partial charge on any atom is -0.378 e. The summed E-state index contributed by atoms with van der Waals surface area (Å²) in [5.74, 6) is 0.570. The van der Waals surface area contributed by atoms with Crippen molar-refractivity contribution < 1.29 is 0 Å². The van der Waals surface area contributed by atoms with Crippen LogP contribution in [0.1, 0.15) is 44.7 Å². The summed E-state index contributed by atoms with van der Waals surface area (Å²) >= 11 is 0. The molecule has 0 aliphatic carbocycles. The summed E-state index contributed by atoms with van der Waals surface area (Å²) < 4.78 is 0. The molecule has 0 aromatic heterocycles. The molecule has 1 fully saturated rings. The number of benzene rings is 1. The van der Waals surface area contributed by atoms with E-state index < -0.39 is 0 Å². The largest absolute Gasteiger partial charge is 0.378 e. The van der Waals surface area contributed by atoms with Crippen molar-refractivity contribution >= 4 is 5.69 Å². The fraction of sp³-hybridized carbons (Fsp3) is 0.667. The van der Waals surface area contributed by atoms with Crippen LogP contribution in [-0.2, 0) is 0 Å². The van der Waals surface area contributed by atoms with Crippen LogP contribution in [0, 0.1) is 5.92 Å². The Morgan fingerprint density at radius 3 is 2.38 bits per heavy atom. The first-order valence-electron chi connectivity index (χ1n) is 8.27. The number of anilines is 1. The molecule has 2 N–H and O–H groups in total. The van der Waals surface area contributed by atoms with Crippen LogP contribution < -0.4 is 10.6 Å². The predicted molar refractivity (Wildman–Crippen MR) is 91.7 cm³/mol. The van der Waals surface area contributed by atoms with Gasteiger partial charge in [-0.3, -0.25) is 4.90 Å². The maximum Gasteiger partial charge on any atom is 0.0391 e. The minimum absolute atomic E-state index is 0.466. The first-order valence-corrected chi connectivity index (χ1v) is 8.27. The van der Waals surface area contributed by atoms with E-state index in [1.165, 1.54) is 37.1 Å². The van der Waals surface area contributed by atoms with Crippen molar-refractivity contribution in [1.29, 1.82) is 0 Å². The van der Waals surface area contributed by atoms with Crippen LogP contribution in [0.4, 0.5) is 5.69 Å². The van der Waals surface area contributed by atoms with Crippen LogP contribution in [0.25, 0.3) is 0 Å². The molecule has 1 aromatic carbocycles. The molecule has 3 nitrogen and oxygen atoms in total. The molecule has 1 aliphatic heterocycles. The monoisotopic (exact) mass is 289 g/mol. The average molecular weight is 289 g/mol. The predicted octanol–water partition coefficient (Wildman–Crippen LogP) is 3.26. The number of rotatable bonds is 4. The second-order valence-electron chi connectivity index (χ2n) is 6.75. The highest BCUT2D eigenvalue weighted by molar-refractivity contribution is 5.46. The molecule has 1 heterocycles. The normalized spacial score (nSPS) is 24.1. The van der Waals surface area contributed by atoms with Gasteiger partial charge in [0.05, 0.1) is 0 Å². The molecule has 1 aliphatic rings. The molecule has 118 valence electrons. The number of likely N-dealkylation sites (tertiary alicyclic amines) is 1. The summed E-state index contributed by atoms with van der Waals surface area (Å²) in [5.41, 5.74) is 8.79. The van der Waals surface area contributed by atoms with Gasteiger partial charge in [-0.05, 0) is 63.4 Å². The second-order valence-corrected chi connectivity index (χ2v) is 6.75. The van der Waals surface area contributed by atoms with Crippen molar-refractivity contribution in [2.75, 3.05) is 32.1 Å². The SMILES string of the molecule is CC(C)N1CCCCC(CN)C1c1ccc(N(C)C)cc1. The minimum atomic E-state index is 0.466. The van der Waals surface area contributed by atoms with Crippen molar-refractivity contribution in [1.82, 2.24) is 4.90 Å². The lowest BCUT2D eigenvalue weighted by Gasteiger charge is -2.38. The highest BCUT2D eigenvalue weighted by Crippen LogP contribution is 2.36. The first kappa shape index (κ1) is 16.3. The third-order valence-electron chi connectivity index (χ3n) is 4.76. The number of nitrogens with zero attached hydrogens (tertiary/aromatic N) is 2. The van der Waals surface area contributed by atoms with Gasteiger partial charge in [0, 0.05) is 31.9 Å². The van der Waals surface area contributed by atoms with Gasteiger partial charge in [0.25, 0.3) is 0 Å². The van der Waals surface area contributed by atoms with Gasteiger partial charge in [-0.2, -0.15) is 0 Å². The Hall–Kier alpha value is -1.06. The molecule has 0 amide bonds. The number of hydrogen-bond donors (Lipinski definition) is 1. The van der Waals surface area contributed by atoms with Crippen molar-refractivity contribution in [2.45, 2.75) is 45.2 Å². The number of nitrogens with two attached hydrogens (primary N) is 1. The lowest BCUT2D eigenvalue weighted by molar-refractivity contribution is 0.121. The van der Waals surface area contributed by atoms with E-state index in [0.717, 1.165) is 6.54 Å². The Morgan fingerprint density at radius 2 is 1.86 bits per heavy atom. The lowest BCUT2D eigenvalue weighted by Crippen LogP contribution is -2.39. The highest BCUT2D eigenvalue weighted by Gasteiger charge is 2.31. The van der Waals surface area contributed by atoms with Crippen LogP contribution >= 0.6 is 0 Å². The fourth-order valence-corrected chi connectivity index (χ4v) is 3.53. The van der Waals surface area contributed by atoms with Crippen molar-refractivity contribution in [3.05, 3.63) is 29.8 Å². The van der Waals surface area contributed by atoms with Crippen LogP contribution in [0.2, 0.25) is 0 Å². The smallest absolute Gasteiger partial charge is 0.0391 e. The third kappa shape index (κ3) is 3.78. The zero-order valence-corrected chi connectivity index (χ0v) is 14.0. The second kappa shape index (κ2) is 7.28. The standard InChI is InChI=1S/C18H31N3/c1-14(2)21-12-6-5-7-16(13-19)18(21)15-8-10-17(11-9-15)20(3)4/h8-11,14,16,18H,5-7,12-13,19H2,1-4H3. The Balaban J connectivity index is 2.32. The molecule has 2 rings (SSSR count). The van der Waals surface area contributed by atoms with Gasteiger partial charge in [0.1, 0.15) is 0 Å². The van der Waals surface area contributed by atoms with Gasteiger partial charge >= 0.3 is 0 Å². The van der Waals surface area contributed by atoms with Crippen LogP contribution in [0.15, 0.2) is 24.3 Å². The van der Waals surface area contributed by atoms with E-state index in [2.05, 4.69) is 62.0 Å². The summed E-state index contributed by atoms with van der Waals surface area (Å²) in [6.07, 6.45) is 3.85. The average Bonchev–Trinajstić information content (AvgIpc) is 2.69. The number of hydrogen-bond acceptors (Lipinski definition) is 3. The fourth-order valence-electron chi connectivity index (χ4n) is 3.53. The maximum atomic E-state index is 6.11. The Kier molecular flexibility index (Phi) is 5.65. The summed E-state index contributed by atoms with van der Waals surface area (Å²) in [7, 11) is 4.17. The van der Waals surface area contributed by atoms with Crippen LogP contribution in [0.3, 0.4) is 0 Å². The van der Waals surface area contributed by atoms with Crippen LogP contribution in [0.5, 0.6) is 0 Å². The van der Waals surface area contributed by atoms with Crippen LogP contribution in [-0.4, -0.2) is 38.1 Å². The molecular formula is C18H31N3. The van der Waals surface area contributed by atoms with Crippen molar-refractivity contribution in [3.8, 4) is 0 Å². The Morgan fingerprint density at radius 1 is 1.19 bits per heavy atom. The first-order chi connectivity index (χ1) is 10.0. The van der Waals surface area contributed by atoms with E-state index in [1.54, 1.807) is 0 Å².